The highest BCUT2D eigenvalue weighted by Gasteiger charge is 2.47. The van der Waals surface area contributed by atoms with Gasteiger partial charge in [-0.15, -0.1) is 0 Å². The maximum atomic E-state index is 13.1. The summed E-state index contributed by atoms with van der Waals surface area (Å²) >= 11 is 0. The number of fused-ring (bicyclic) bond motifs is 3. The minimum absolute atomic E-state index is 0.00240. The summed E-state index contributed by atoms with van der Waals surface area (Å²) in [4.78, 5) is 52.6. The van der Waals surface area contributed by atoms with E-state index in [2.05, 4.69) is 22.8 Å². The first-order chi connectivity index (χ1) is 37.0. The number of rotatable bonds is 46. The quantitative estimate of drug-likeness (QED) is 0.0716. The molecule has 1 aliphatic carbocycles. The van der Waals surface area contributed by atoms with Crippen molar-refractivity contribution >= 4 is 23.9 Å². The van der Waals surface area contributed by atoms with Crippen LogP contribution in [0.4, 0.5) is 4.79 Å². The lowest BCUT2D eigenvalue weighted by Gasteiger charge is -2.49. The Kier molecular flexibility index (Phi) is 32.9. The Morgan fingerprint density at radius 2 is 0.934 bits per heavy atom. The molecular formula is C54H85N3O19. The number of carbonyl (C=O) groups is 4. The molecule has 2 N–H and O–H groups in total. The van der Waals surface area contributed by atoms with Gasteiger partial charge in [0.05, 0.1) is 184 Å². The van der Waals surface area contributed by atoms with E-state index in [-0.39, 0.29) is 70.7 Å². The van der Waals surface area contributed by atoms with Crippen molar-refractivity contribution in [1.29, 1.82) is 0 Å². The first kappa shape index (κ1) is 64.1. The molecule has 1 fully saturated rings. The van der Waals surface area contributed by atoms with Crippen LogP contribution in [-0.4, -0.2) is 238 Å². The van der Waals surface area contributed by atoms with Gasteiger partial charge in [-0.2, -0.15) is 0 Å². The predicted molar refractivity (Wildman–Crippen MR) is 277 cm³/mol. The maximum absolute atomic E-state index is 13.1. The Balaban J connectivity index is 0.945. The van der Waals surface area contributed by atoms with Gasteiger partial charge < -0.3 is 86.6 Å². The van der Waals surface area contributed by atoms with Crippen molar-refractivity contribution < 1.29 is 90.2 Å². The van der Waals surface area contributed by atoms with E-state index in [1.807, 2.05) is 36.4 Å². The molecule has 2 aromatic rings. The normalized spacial score (nSPS) is 13.8. The lowest BCUT2D eigenvalue weighted by Crippen LogP contribution is -2.69. The largest absolute Gasteiger partial charge is 0.460 e. The van der Waals surface area contributed by atoms with E-state index < -0.39 is 29.2 Å². The van der Waals surface area contributed by atoms with Crippen LogP contribution in [0, 0.1) is 0 Å². The molecule has 0 bridgehead atoms. The second-order valence-corrected chi connectivity index (χ2v) is 18.6. The van der Waals surface area contributed by atoms with Crippen molar-refractivity contribution in [3.05, 3.63) is 59.7 Å². The highest BCUT2D eigenvalue weighted by Crippen LogP contribution is 2.44. The van der Waals surface area contributed by atoms with Gasteiger partial charge in [0, 0.05) is 19.6 Å². The molecule has 1 aliphatic heterocycles. The number of carbonyl (C=O) groups excluding carboxylic acids is 4. The molecule has 2 aromatic carbocycles. The summed E-state index contributed by atoms with van der Waals surface area (Å²) in [6.45, 7) is 15.8. The molecule has 0 saturated carbocycles. The van der Waals surface area contributed by atoms with Crippen LogP contribution < -0.4 is 10.6 Å². The summed E-state index contributed by atoms with van der Waals surface area (Å²) in [5.74, 6) is -1.16. The Hall–Kier alpha value is -4.40. The monoisotopic (exact) mass is 1080 g/mol. The summed E-state index contributed by atoms with van der Waals surface area (Å²) in [6.07, 6.45) is -0.520. The number of alkyl carbamates (subject to hydrolysis) is 1. The molecular weight excluding hydrogens is 995 g/mol. The molecule has 0 radical (unpaired) electrons. The van der Waals surface area contributed by atoms with Crippen LogP contribution in [0.2, 0.25) is 0 Å². The molecule has 1 heterocycles. The molecule has 0 atom stereocenters. The van der Waals surface area contributed by atoms with Crippen LogP contribution in [0.25, 0.3) is 11.1 Å². The van der Waals surface area contributed by atoms with Crippen molar-refractivity contribution in [3.63, 3.8) is 0 Å². The predicted octanol–water partition coefficient (Wildman–Crippen LogP) is 3.19. The molecule has 2 aliphatic rings. The molecule has 76 heavy (non-hydrogen) atoms. The number of hydrogen-bond donors (Lipinski definition) is 2. The molecule has 22 heteroatoms. The number of amides is 3. The fourth-order valence-electron chi connectivity index (χ4n) is 7.69. The minimum Gasteiger partial charge on any atom is -0.460 e. The second-order valence-electron chi connectivity index (χ2n) is 18.6. The fraction of sp³-hybridized carbons (Fsp3) is 0.704. The van der Waals surface area contributed by atoms with E-state index in [0.29, 0.717) is 145 Å². The van der Waals surface area contributed by atoms with E-state index in [4.69, 9.17) is 71.1 Å². The van der Waals surface area contributed by atoms with Gasteiger partial charge in [0.25, 0.3) is 0 Å². The number of benzene rings is 2. The van der Waals surface area contributed by atoms with E-state index >= 15 is 0 Å². The summed E-state index contributed by atoms with van der Waals surface area (Å²) in [6, 6.07) is 16.1. The lowest BCUT2D eigenvalue weighted by molar-refractivity contribution is -0.171. The van der Waals surface area contributed by atoms with E-state index in [1.165, 1.54) is 0 Å². The van der Waals surface area contributed by atoms with Gasteiger partial charge in [0.2, 0.25) is 11.8 Å². The third kappa shape index (κ3) is 27.8. The number of hydrogen-bond acceptors (Lipinski definition) is 19. The lowest BCUT2D eigenvalue weighted by atomic mass is 9.93. The van der Waals surface area contributed by atoms with Gasteiger partial charge in [-0.05, 0) is 43.0 Å². The molecule has 0 aromatic heterocycles. The Bertz CT molecular complexity index is 1850. The number of nitrogens with zero attached hydrogens (tertiary/aromatic N) is 1. The number of likely N-dealkylation sites (tertiary alicyclic amines) is 1. The summed E-state index contributed by atoms with van der Waals surface area (Å²) in [5, 5.41) is 5.45. The van der Waals surface area contributed by atoms with Gasteiger partial charge in [-0.1, -0.05) is 48.5 Å². The molecule has 4 rings (SSSR count). The SMILES string of the molecule is COCCOCCOCCOCCOCCOCCOCCOCCOCCOCCOCCOCCC(=O)N1CC(CNC(=O)OCC2c3ccccc3-c3ccccc32)(OCC(=O)NCCC(=O)OC(C)(C)C)C1. The smallest absolute Gasteiger partial charge is 0.407 e. The van der Waals surface area contributed by atoms with Gasteiger partial charge in [-0.25, -0.2) is 4.79 Å². The van der Waals surface area contributed by atoms with E-state index in [9.17, 15) is 19.2 Å². The zero-order chi connectivity index (χ0) is 54.4. The van der Waals surface area contributed by atoms with Gasteiger partial charge >= 0.3 is 12.1 Å². The minimum atomic E-state index is -1.04. The van der Waals surface area contributed by atoms with Crippen LogP contribution in [0.3, 0.4) is 0 Å². The van der Waals surface area contributed by atoms with Crippen LogP contribution >= 0.6 is 0 Å². The second kappa shape index (κ2) is 39.0. The highest BCUT2D eigenvalue weighted by molar-refractivity contribution is 5.80. The standard InChI is InChI=1S/C54H85N3O19/c1-53(2,3)76-51(60)13-15-55-49(58)40-75-54(41-56-52(61)74-39-48-46-11-7-5-9-44(46)45-10-6-8-12-47(45)48)42-57(43-54)50(59)14-16-63-19-20-65-23-24-67-27-28-69-31-32-71-35-36-73-38-37-72-34-33-70-30-29-68-26-25-66-22-21-64-18-17-62-4/h5-12,48H,13-43H2,1-4H3,(H,55,58)(H,56,61). The Labute approximate surface area is 448 Å². The van der Waals surface area contributed by atoms with Crippen LogP contribution in [0.5, 0.6) is 0 Å². The number of ether oxygens (including phenoxy) is 15. The maximum Gasteiger partial charge on any atom is 0.407 e. The first-order valence-electron chi connectivity index (χ1n) is 26.3. The topological polar surface area (TPSA) is 234 Å². The number of esters is 1. The third-order valence-corrected chi connectivity index (χ3v) is 11.4. The Morgan fingerprint density at radius 1 is 0.539 bits per heavy atom. The summed E-state index contributed by atoms with van der Waals surface area (Å²) in [7, 11) is 1.64. The van der Waals surface area contributed by atoms with Gasteiger partial charge in [0.1, 0.15) is 24.4 Å². The number of methoxy groups -OCH3 is 1. The molecule has 3 amide bonds. The van der Waals surface area contributed by atoms with Crippen LogP contribution in [-0.2, 0) is 85.4 Å². The Morgan fingerprint density at radius 3 is 1.34 bits per heavy atom. The molecule has 1 saturated heterocycles. The van der Waals surface area contributed by atoms with Crippen LogP contribution in [0.15, 0.2) is 48.5 Å². The van der Waals surface area contributed by atoms with E-state index in [0.717, 1.165) is 22.3 Å². The zero-order valence-corrected chi connectivity index (χ0v) is 45.3. The van der Waals surface area contributed by atoms with Crippen molar-refractivity contribution in [2.24, 2.45) is 0 Å². The average Bonchev–Trinajstić information content (AvgIpc) is 3.76. The molecule has 22 nitrogen and oxygen atoms in total. The number of nitrogens with one attached hydrogen (secondary N) is 2. The van der Waals surface area contributed by atoms with Crippen molar-refractivity contribution in [1.82, 2.24) is 15.5 Å². The van der Waals surface area contributed by atoms with Crippen molar-refractivity contribution in [2.45, 2.75) is 50.7 Å². The zero-order valence-electron chi connectivity index (χ0n) is 45.3. The van der Waals surface area contributed by atoms with Gasteiger partial charge in [0.15, 0.2) is 0 Å². The first-order valence-corrected chi connectivity index (χ1v) is 26.3. The molecule has 0 spiro atoms. The average molecular weight is 1080 g/mol. The highest BCUT2D eigenvalue weighted by atomic mass is 16.6. The van der Waals surface area contributed by atoms with Gasteiger partial charge in [-0.3, -0.25) is 14.4 Å². The van der Waals surface area contributed by atoms with E-state index in [1.54, 1.807) is 32.8 Å². The fourth-order valence-corrected chi connectivity index (χ4v) is 7.69. The van der Waals surface area contributed by atoms with Crippen molar-refractivity contribution in [3.8, 4) is 11.1 Å². The molecule has 0 unspecified atom stereocenters. The van der Waals surface area contributed by atoms with Crippen LogP contribution in [0.1, 0.15) is 50.7 Å². The summed E-state index contributed by atoms with van der Waals surface area (Å²) in [5.41, 5.74) is 2.74. The van der Waals surface area contributed by atoms with Crippen molar-refractivity contribution in [2.75, 3.05) is 198 Å². The summed E-state index contributed by atoms with van der Waals surface area (Å²) < 4.78 is 82.5. The third-order valence-electron chi connectivity index (χ3n) is 11.4. The molecule has 430 valence electrons.